The second-order valence-electron chi connectivity index (χ2n) is 6.29. The maximum atomic E-state index is 8.91. The summed E-state index contributed by atoms with van der Waals surface area (Å²) < 4.78 is 0. The number of hydrogen-bond acceptors (Lipinski definition) is 2. The van der Waals surface area contributed by atoms with Crippen molar-refractivity contribution in [1.82, 2.24) is 4.98 Å². The van der Waals surface area contributed by atoms with Crippen molar-refractivity contribution in [2.24, 2.45) is 0 Å². The predicted octanol–water partition coefficient (Wildman–Crippen LogP) is 4.04. The van der Waals surface area contributed by atoms with Crippen molar-refractivity contribution in [3.63, 3.8) is 0 Å². The van der Waals surface area contributed by atoms with Gasteiger partial charge in [0, 0.05) is 17.4 Å². The number of H-pyrrole nitrogens is 1. The normalized spacial score (nSPS) is 19.8. The first-order valence-corrected chi connectivity index (χ1v) is 7.00. The average Bonchev–Trinajstić information content (AvgIpc) is 2.86. The number of hydrogen-bond donors (Lipinski definition) is 2. The quantitative estimate of drug-likeness (QED) is 0.817. The summed E-state index contributed by atoms with van der Waals surface area (Å²) >= 11 is 0. The highest BCUT2D eigenvalue weighted by molar-refractivity contribution is 5.69. The Balaban J connectivity index is 2.07. The number of nitriles is 1. The first-order valence-electron chi connectivity index (χ1n) is 7.00. The van der Waals surface area contributed by atoms with E-state index in [4.69, 9.17) is 5.26 Å². The number of fused-ring (bicyclic) bond motifs is 1. The van der Waals surface area contributed by atoms with Crippen LogP contribution in [0, 0.1) is 11.3 Å². The molecule has 20 heavy (non-hydrogen) atoms. The van der Waals surface area contributed by atoms with E-state index in [1.165, 1.54) is 11.3 Å². The van der Waals surface area contributed by atoms with Gasteiger partial charge in [0.25, 0.3) is 0 Å². The molecule has 1 aliphatic rings. The third kappa shape index (κ3) is 2.08. The molecule has 1 aromatic carbocycles. The van der Waals surface area contributed by atoms with Crippen LogP contribution in [0.3, 0.4) is 0 Å². The topological polar surface area (TPSA) is 51.6 Å². The maximum absolute atomic E-state index is 8.91. The van der Waals surface area contributed by atoms with Crippen LogP contribution in [0.4, 0.5) is 5.69 Å². The largest absolute Gasteiger partial charge is 0.382 e. The number of anilines is 1. The van der Waals surface area contributed by atoms with Crippen LogP contribution in [0.2, 0.25) is 0 Å². The Morgan fingerprint density at radius 1 is 1.25 bits per heavy atom. The van der Waals surface area contributed by atoms with E-state index in [2.05, 4.69) is 55.3 Å². The van der Waals surface area contributed by atoms with Crippen molar-refractivity contribution in [3.8, 4) is 17.3 Å². The summed E-state index contributed by atoms with van der Waals surface area (Å²) in [5, 5.41) is 12.5. The van der Waals surface area contributed by atoms with Gasteiger partial charge in [-0.2, -0.15) is 5.26 Å². The van der Waals surface area contributed by atoms with E-state index in [9.17, 15) is 0 Å². The van der Waals surface area contributed by atoms with E-state index in [0.717, 1.165) is 17.7 Å². The monoisotopic (exact) mass is 265 g/mol. The number of benzene rings is 1. The molecular formula is C17H19N3. The van der Waals surface area contributed by atoms with Crippen LogP contribution >= 0.6 is 0 Å². The Bertz CT molecular complexity index is 689. The van der Waals surface area contributed by atoms with Crippen molar-refractivity contribution in [1.29, 1.82) is 5.26 Å². The number of nitrogens with one attached hydrogen (secondary N) is 2. The minimum atomic E-state index is 0.167. The molecule has 2 heterocycles. The van der Waals surface area contributed by atoms with Crippen LogP contribution < -0.4 is 5.32 Å². The zero-order valence-electron chi connectivity index (χ0n) is 12.1. The summed E-state index contributed by atoms with van der Waals surface area (Å²) in [5.41, 5.74) is 5.48. The van der Waals surface area contributed by atoms with Gasteiger partial charge in [0.15, 0.2) is 0 Å². The third-order valence-electron chi connectivity index (χ3n) is 4.08. The summed E-state index contributed by atoms with van der Waals surface area (Å²) in [6.45, 7) is 6.81. The lowest BCUT2D eigenvalue weighted by Gasteiger charge is -2.37. The van der Waals surface area contributed by atoms with E-state index in [1.54, 1.807) is 0 Å². The number of rotatable bonds is 1. The zero-order valence-corrected chi connectivity index (χ0v) is 12.1. The zero-order chi connectivity index (χ0) is 14.3. The minimum Gasteiger partial charge on any atom is -0.382 e. The van der Waals surface area contributed by atoms with Crippen molar-refractivity contribution in [2.45, 2.75) is 38.6 Å². The number of aromatic nitrogens is 1. The Morgan fingerprint density at radius 3 is 2.75 bits per heavy atom. The van der Waals surface area contributed by atoms with Gasteiger partial charge < -0.3 is 10.3 Å². The van der Waals surface area contributed by atoms with Gasteiger partial charge in [-0.3, -0.25) is 0 Å². The first kappa shape index (κ1) is 12.8. The first-order chi connectivity index (χ1) is 9.49. The molecule has 102 valence electrons. The Labute approximate surface area is 119 Å². The Kier molecular flexibility index (Phi) is 2.83. The minimum absolute atomic E-state index is 0.167. The molecule has 3 heteroatoms. The molecule has 0 saturated carbocycles. The molecule has 1 aliphatic heterocycles. The molecule has 0 spiro atoms. The van der Waals surface area contributed by atoms with Gasteiger partial charge in [-0.05, 0) is 54.2 Å². The van der Waals surface area contributed by atoms with Crippen LogP contribution in [0.25, 0.3) is 11.3 Å². The van der Waals surface area contributed by atoms with Crippen molar-refractivity contribution >= 4 is 5.69 Å². The number of nitrogens with zero attached hydrogens (tertiary/aromatic N) is 1. The summed E-state index contributed by atoms with van der Waals surface area (Å²) in [6.07, 6.45) is 1.12. The van der Waals surface area contributed by atoms with Crippen LogP contribution in [-0.2, 0) is 5.41 Å². The molecule has 0 amide bonds. The van der Waals surface area contributed by atoms with Crippen LogP contribution in [0.5, 0.6) is 0 Å². The standard InChI is InChI=1S/C17H19N3/c1-11-9-17(2,3)14-8-12(4-6-16(14)19-11)15-7-5-13(10-18)20-15/h4-8,11,19-20H,9H2,1-3H3. The highest BCUT2D eigenvalue weighted by atomic mass is 14.9. The van der Waals surface area contributed by atoms with E-state index in [-0.39, 0.29) is 5.41 Å². The Hall–Kier alpha value is -2.21. The SMILES string of the molecule is CC1CC(C)(C)c2cc(-c3ccc(C#N)[nH]3)ccc2N1. The fraction of sp³-hybridized carbons (Fsp3) is 0.353. The van der Waals surface area contributed by atoms with Gasteiger partial charge in [0.1, 0.15) is 11.8 Å². The fourth-order valence-corrected chi connectivity index (χ4v) is 3.22. The van der Waals surface area contributed by atoms with Gasteiger partial charge in [-0.15, -0.1) is 0 Å². The average molecular weight is 265 g/mol. The molecule has 0 radical (unpaired) electrons. The van der Waals surface area contributed by atoms with Crippen LogP contribution in [0.15, 0.2) is 30.3 Å². The molecule has 0 aliphatic carbocycles. The molecule has 0 fully saturated rings. The van der Waals surface area contributed by atoms with Gasteiger partial charge >= 0.3 is 0 Å². The van der Waals surface area contributed by atoms with Gasteiger partial charge in [0.2, 0.25) is 0 Å². The van der Waals surface area contributed by atoms with E-state index >= 15 is 0 Å². The third-order valence-corrected chi connectivity index (χ3v) is 4.08. The molecule has 1 aromatic heterocycles. The molecule has 0 saturated heterocycles. The fourth-order valence-electron chi connectivity index (χ4n) is 3.22. The smallest absolute Gasteiger partial charge is 0.118 e. The molecule has 1 atom stereocenters. The van der Waals surface area contributed by atoms with E-state index in [1.807, 2.05) is 12.1 Å². The second-order valence-corrected chi connectivity index (χ2v) is 6.29. The van der Waals surface area contributed by atoms with Crippen LogP contribution in [-0.4, -0.2) is 11.0 Å². The summed E-state index contributed by atoms with van der Waals surface area (Å²) in [6, 6.07) is 12.9. The predicted molar refractivity (Wildman–Crippen MR) is 81.7 cm³/mol. The molecule has 2 aromatic rings. The molecule has 0 bridgehead atoms. The maximum Gasteiger partial charge on any atom is 0.118 e. The van der Waals surface area contributed by atoms with E-state index in [0.29, 0.717) is 11.7 Å². The molecule has 3 nitrogen and oxygen atoms in total. The molecule has 1 unspecified atom stereocenters. The van der Waals surface area contributed by atoms with E-state index < -0.39 is 0 Å². The molecular weight excluding hydrogens is 246 g/mol. The van der Waals surface area contributed by atoms with Gasteiger partial charge in [-0.1, -0.05) is 19.9 Å². The second kappa shape index (κ2) is 4.42. The number of aromatic amines is 1. The van der Waals surface area contributed by atoms with Crippen LogP contribution in [0.1, 0.15) is 38.4 Å². The lowest BCUT2D eigenvalue weighted by molar-refractivity contribution is 0.434. The summed E-state index contributed by atoms with van der Waals surface area (Å²) in [4.78, 5) is 3.14. The highest BCUT2D eigenvalue weighted by Crippen LogP contribution is 2.40. The van der Waals surface area contributed by atoms with Crippen molar-refractivity contribution in [2.75, 3.05) is 5.32 Å². The lowest BCUT2D eigenvalue weighted by Crippen LogP contribution is -2.34. The lowest BCUT2D eigenvalue weighted by atomic mass is 9.75. The van der Waals surface area contributed by atoms with Gasteiger partial charge in [-0.25, -0.2) is 0 Å². The van der Waals surface area contributed by atoms with Gasteiger partial charge in [0.05, 0.1) is 0 Å². The van der Waals surface area contributed by atoms with Crippen molar-refractivity contribution in [3.05, 3.63) is 41.6 Å². The van der Waals surface area contributed by atoms with Crippen molar-refractivity contribution < 1.29 is 0 Å². The summed E-state index contributed by atoms with van der Waals surface area (Å²) in [5.74, 6) is 0. The Morgan fingerprint density at radius 2 is 2.05 bits per heavy atom. The molecule has 2 N–H and O–H groups in total. The molecule has 3 rings (SSSR count). The summed E-state index contributed by atoms with van der Waals surface area (Å²) in [7, 11) is 0. The highest BCUT2D eigenvalue weighted by Gasteiger charge is 2.31.